The van der Waals surface area contributed by atoms with E-state index in [9.17, 15) is 10.1 Å². The predicted octanol–water partition coefficient (Wildman–Crippen LogP) is 7.85. The lowest BCUT2D eigenvalue weighted by Crippen LogP contribution is -2.14. The summed E-state index contributed by atoms with van der Waals surface area (Å²) < 4.78 is 12.0. The number of benzene rings is 3. The molecule has 5 nitrogen and oxygen atoms in total. The molecule has 0 aliphatic carbocycles. The van der Waals surface area contributed by atoms with Crippen LogP contribution in [0, 0.1) is 18.3 Å². The summed E-state index contributed by atoms with van der Waals surface area (Å²) in [4.78, 5) is 12.7. The molecule has 0 unspecified atom stereocenters. The maximum Gasteiger partial charge on any atom is 0.266 e. The summed E-state index contributed by atoms with van der Waals surface area (Å²) in [5.74, 6) is 0.340. The van der Waals surface area contributed by atoms with Crippen LogP contribution in [0.2, 0.25) is 15.1 Å². The van der Waals surface area contributed by atoms with E-state index in [2.05, 4.69) is 21.2 Å². The maximum absolute atomic E-state index is 12.7. The van der Waals surface area contributed by atoms with Crippen molar-refractivity contribution in [3.8, 4) is 17.6 Å². The van der Waals surface area contributed by atoms with Crippen molar-refractivity contribution >= 4 is 68.4 Å². The normalized spacial score (nSPS) is 11.0. The number of amides is 1. The molecule has 3 aromatic rings. The Balaban J connectivity index is 1.84. The number of nitriles is 1. The first-order valence-corrected chi connectivity index (χ1v) is 11.8. The number of carbonyl (C=O) groups is 1. The Bertz CT molecular complexity index is 1320. The average molecular weight is 581 g/mol. The van der Waals surface area contributed by atoms with Gasteiger partial charge in [-0.2, -0.15) is 5.26 Å². The fraction of sp³-hybridized carbons (Fsp3) is 0.120. The van der Waals surface area contributed by atoms with E-state index in [4.69, 9.17) is 44.3 Å². The number of carbonyl (C=O) groups excluding carboxylic acids is 1. The van der Waals surface area contributed by atoms with Crippen molar-refractivity contribution in [2.45, 2.75) is 13.5 Å². The lowest BCUT2D eigenvalue weighted by Gasteiger charge is -2.14. The Hall–Kier alpha value is -2.69. The summed E-state index contributed by atoms with van der Waals surface area (Å²) in [6, 6.07) is 15.7. The summed E-state index contributed by atoms with van der Waals surface area (Å²) in [6.07, 6.45) is 1.46. The third-order valence-electron chi connectivity index (χ3n) is 4.84. The molecule has 174 valence electrons. The molecule has 0 saturated carbocycles. The molecule has 0 fully saturated rings. The standard InChI is InChI=1S/C25H18BrCl3N2O3/c1-14-19(27)4-3-5-22(14)31-25(32)17(12-30)9-16-10-23(33-2)24(11-18(16)26)34-13-15-6-7-20(28)21(29)8-15/h3-11H,13H2,1-2H3,(H,31,32)/b17-9+. The molecule has 3 aromatic carbocycles. The zero-order chi connectivity index (χ0) is 24.8. The van der Waals surface area contributed by atoms with E-state index in [0.29, 0.717) is 47.9 Å². The molecule has 1 amide bonds. The van der Waals surface area contributed by atoms with Gasteiger partial charge < -0.3 is 14.8 Å². The average Bonchev–Trinajstić information content (AvgIpc) is 2.82. The van der Waals surface area contributed by atoms with Gasteiger partial charge in [0.1, 0.15) is 18.2 Å². The Kier molecular flexibility index (Phi) is 8.87. The van der Waals surface area contributed by atoms with Gasteiger partial charge in [-0.3, -0.25) is 4.79 Å². The van der Waals surface area contributed by atoms with Crippen molar-refractivity contribution in [2.24, 2.45) is 0 Å². The number of rotatable bonds is 7. The van der Waals surface area contributed by atoms with Crippen LogP contribution in [-0.4, -0.2) is 13.0 Å². The second-order valence-corrected chi connectivity index (χ2v) is 9.17. The number of ether oxygens (including phenoxy) is 2. The minimum Gasteiger partial charge on any atom is -0.493 e. The van der Waals surface area contributed by atoms with Crippen molar-refractivity contribution < 1.29 is 14.3 Å². The van der Waals surface area contributed by atoms with Gasteiger partial charge in [0.05, 0.1) is 17.2 Å². The van der Waals surface area contributed by atoms with Crippen molar-refractivity contribution in [3.63, 3.8) is 0 Å². The number of halogens is 4. The summed E-state index contributed by atoms with van der Waals surface area (Å²) in [5.41, 5.74) is 2.54. The quantitative estimate of drug-likeness (QED) is 0.228. The third kappa shape index (κ3) is 6.25. The molecule has 0 aromatic heterocycles. The lowest BCUT2D eigenvalue weighted by molar-refractivity contribution is -0.112. The van der Waals surface area contributed by atoms with Crippen LogP contribution in [0.1, 0.15) is 16.7 Å². The number of anilines is 1. The Morgan fingerprint density at radius 3 is 2.53 bits per heavy atom. The lowest BCUT2D eigenvalue weighted by atomic mass is 10.1. The fourth-order valence-electron chi connectivity index (χ4n) is 2.96. The van der Waals surface area contributed by atoms with Crippen LogP contribution in [0.3, 0.4) is 0 Å². The summed E-state index contributed by atoms with van der Waals surface area (Å²) in [7, 11) is 1.50. The zero-order valence-corrected chi connectivity index (χ0v) is 21.9. The number of hydrogen-bond donors (Lipinski definition) is 1. The highest BCUT2D eigenvalue weighted by atomic mass is 79.9. The Morgan fingerprint density at radius 2 is 1.85 bits per heavy atom. The number of hydrogen-bond acceptors (Lipinski definition) is 4. The number of methoxy groups -OCH3 is 1. The molecular weight excluding hydrogens is 563 g/mol. The van der Waals surface area contributed by atoms with Gasteiger partial charge in [-0.05, 0) is 66.1 Å². The Labute approximate surface area is 221 Å². The maximum atomic E-state index is 12.7. The molecule has 9 heteroatoms. The van der Waals surface area contributed by atoms with Gasteiger partial charge in [-0.1, -0.05) is 62.9 Å². The first kappa shape index (κ1) is 25.9. The van der Waals surface area contributed by atoms with Gasteiger partial charge in [-0.25, -0.2) is 0 Å². The van der Waals surface area contributed by atoms with Crippen LogP contribution in [0.15, 0.2) is 58.6 Å². The molecule has 0 spiro atoms. The SMILES string of the molecule is COc1cc(/C=C(\C#N)C(=O)Nc2cccc(Cl)c2C)c(Br)cc1OCc1ccc(Cl)c(Cl)c1. The van der Waals surface area contributed by atoms with Crippen LogP contribution in [-0.2, 0) is 11.4 Å². The van der Waals surface area contributed by atoms with E-state index in [1.54, 1.807) is 49.4 Å². The van der Waals surface area contributed by atoms with Gasteiger partial charge in [-0.15, -0.1) is 0 Å². The molecule has 34 heavy (non-hydrogen) atoms. The highest BCUT2D eigenvalue weighted by Gasteiger charge is 2.15. The zero-order valence-electron chi connectivity index (χ0n) is 18.1. The minimum atomic E-state index is -0.557. The molecule has 3 rings (SSSR count). The molecule has 0 aliphatic heterocycles. The summed E-state index contributed by atoms with van der Waals surface area (Å²) in [6.45, 7) is 2.02. The summed E-state index contributed by atoms with van der Waals surface area (Å²) in [5, 5.41) is 13.7. The largest absolute Gasteiger partial charge is 0.493 e. The number of nitrogens with one attached hydrogen (secondary N) is 1. The van der Waals surface area contributed by atoms with Gasteiger partial charge >= 0.3 is 0 Å². The second kappa shape index (κ2) is 11.6. The Morgan fingerprint density at radius 1 is 1.09 bits per heavy atom. The minimum absolute atomic E-state index is 0.0911. The molecule has 0 atom stereocenters. The van der Waals surface area contributed by atoms with E-state index in [0.717, 1.165) is 5.56 Å². The molecule has 0 bridgehead atoms. The fourth-order valence-corrected chi connectivity index (χ4v) is 3.89. The van der Waals surface area contributed by atoms with E-state index in [1.807, 2.05) is 12.1 Å². The van der Waals surface area contributed by atoms with Gasteiger partial charge in [0.15, 0.2) is 11.5 Å². The monoisotopic (exact) mass is 578 g/mol. The van der Waals surface area contributed by atoms with E-state index >= 15 is 0 Å². The third-order valence-corrected chi connectivity index (χ3v) is 6.68. The second-order valence-electron chi connectivity index (χ2n) is 7.10. The molecule has 0 radical (unpaired) electrons. The van der Waals surface area contributed by atoms with Gasteiger partial charge in [0.2, 0.25) is 0 Å². The van der Waals surface area contributed by atoms with Crippen molar-refractivity contribution in [2.75, 3.05) is 12.4 Å². The molecule has 1 N–H and O–H groups in total. The highest BCUT2D eigenvalue weighted by Crippen LogP contribution is 2.35. The van der Waals surface area contributed by atoms with Crippen LogP contribution in [0.25, 0.3) is 6.08 Å². The predicted molar refractivity (Wildman–Crippen MR) is 140 cm³/mol. The first-order chi connectivity index (χ1) is 16.2. The smallest absolute Gasteiger partial charge is 0.266 e. The van der Waals surface area contributed by atoms with Crippen molar-refractivity contribution in [1.82, 2.24) is 0 Å². The van der Waals surface area contributed by atoms with Crippen LogP contribution in [0.4, 0.5) is 5.69 Å². The van der Waals surface area contributed by atoms with Crippen LogP contribution < -0.4 is 14.8 Å². The molecule has 0 aliphatic rings. The van der Waals surface area contributed by atoms with Gasteiger partial charge in [0, 0.05) is 15.2 Å². The first-order valence-electron chi connectivity index (χ1n) is 9.86. The number of nitrogens with zero attached hydrogens (tertiary/aromatic N) is 1. The van der Waals surface area contributed by atoms with E-state index in [-0.39, 0.29) is 12.2 Å². The van der Waals surface area contributed by atoms with Crippen LogP contribution in [0.5, 0.6) is 11.5 Å². The van der Waals surface area contributed by atoms with Crippen molar-refractivity contribution in [3.05, 3.63) is 90.3 Å². The topological polar surface area (TPSA) is 71.3 Å². The van der Waals surface area contributed by atoms with E-state index in [1.165, 1.54) is 13.2 Å². The van der Waals surface area contributed by atoms with Crippen LogP contribution >= 0.6 is 50.7 Å². The highest BCUT2D eigenvalue weighted by molar-refractivity contribution is 9.10. The summed E-state index contributed by atoms with van der Waals surface area (Å²) >= 11 is 21.6. The molecule has 0 saturated heterocycles. The molecular formula is C25H18BrCl3N2O3. The molecule has 0 heterocycles. The van der Waals surface area contributed by atoms with Crippen molar-refractivity contribution in [1.29, 1.82) is 5.26 Å². The van der Waals surface area contributed by atoms with E-state index < -0.39 is 5.91 Å². The van der Waals surface area contributed by atoms with Gasteiger partial charge in [0.25, 0.3) is 5.91 Å².